The number of carbonyl (C=O) groups excluding carboxylic acids is 1. The fourth-order valence-corrected chi connectivity index (χ4v) is 1.79. The molecule has 1 fully saturated rings. The van der Waals surface area contributed by atoms with Gasteiger partial charge in [0.25, 0.3) is 0 Å². The first-order chi connectivity index (χ1) is 7.09. The van der Waals surface area contributed by atoms with Gasteiger partial charge in [0.2, 0.25) is 5.91 Å². The molecule has 0 aromatic heterocycles. The van der Waals surface area contributed by atoms with E-state index in [4.69, 9.17) is 0 Å². The van der Waals surface area contributed by atoms with Crippen LogP contribution in [0.1, 0.15) is 46.5 Å². The molecule has 0 bridgehead atoms. The highest BCUT2D eigenvalue weighted by Gasteiger charge is 2.18. The summed E-state index contributed by atoms with van der Waals surface area (Å²) in [6.45, 7) is 6.87. The largest absolute Gasteiger partial charge is 0.353 e. The Morgan fingerprint density at radius 1 is 1.33 bits per heavy atom. The van der Waals surface area contributed by atoms with Gasteiger partial charge in [0.05, 0.1) is 6.04 Å². The first-order valence-corrected chi connectivity index (χ1v) is 6.13. The second-order valence-electron chi connectivity index (χ2n) is 4.92. The maximum atomic E-state index is 11.5. The zero-order chi connectivity index (χ0) is 11.3. The Balaban J connectivity index is 2.05. The summed E-state index contributed by atoms with van der Waals surface area (Å²) in [7, 11) is 0. The zero-order valence-corrected chi connectivity index (χ0v) is 10.2. The van der Waals surface area contributed by atoms with Crippen molar-refractivity contribution in [2.24, 2.45) is 5.92 Å². The van der Waals surface area contributed by atoms with E-state index >= 15 is 0 Å². The monoisotopic (exact) mass is 212 g/mol. The van der Waals surface area contributed by atoms with Crippen molar-refractivity contribution >= 4 is 5.91 Å². The van der Waals surface area contributed by atoms with Gasteiger partial charge in [0, 0.05) is 6.04 Å². The van der Waals surface area contributed by atoms with Crippen LogP contribution in [0.25, 0.3) is 0 Å². The Kier molecular flexibility index (Phi) is 5.09. The Hall–Kier alpha value is -0.570. The number of nitrogens with one attached hydrogen (secondary N) is 2. The minimum Gasteiger partial charge on any atom is -0.353 e. The molecule has 1 aliphatic rings. The van der Waals surface area contributed by atoms with Crippen LogP contribution in [0.4, 0.5) is 0 Å². The summed E-state index contributed by atoms with van der Waals surface area (Å²) < 4.78 is 0. The molecule has 0 aromatic carbocycles. The molecule has 1 unspecified atom stereocenters. The second kappa shape index (κ2) is 6.11. The van der Waals surface area contributed by atoms with Crippen LogP contribution < -0.4 is 10.6 Å². The molecule has 0 aromatic rings. The molecular formula is C12H24N2O. The summed E-state index contributed by atoms with van der Waals surface area (Å²) in [5.41, 5.74) is 0. The highest BCUT2D eigenvalue weighted by molar-refractivity contribution is 5.81. The van der Waals surface area contributed by atoms with E-state index in [1.165, 1.54) is 25.7 Å². The van der Waals surface area contributed by atoms with Crippen LogP contribution in [-0.4, -0.2) is 24.5 Å². The van der Waals surface area contributed by atoms with E-state index in [1.807, 2.05) is 20.8 Å². The summed E-state index contributed by atoms with van der Waals surface area (Å²) in [4.78, 5) is 11.5. The topological polar surface area (TPSA) is 41.1 Å². The molecule has 0 aliphatic heterocycles. The predicted octanol–water partition coefficient (Wildman–Crippen LogP) is 1.68. The van der Waals surface area contributed by atoms with Gasteiger partial charge in [0.1, 0.15) is 0 Å². The van der Waals surface area contributed by atoms with E-state index in [2.05, 4.69) is 10.6 Å². The zero-order valence-electron chi connectivity index (χ0n) is 10.2. The Morgan fingerprint density at radius 3 is 2.47 bits per heavy atom. The minimum absolute atomic E-state index is 0.0625. The van der Waals surface area contributed by atoms with Gasteiger partial charge in [-0.1, -0.05) is 19.3 Å². The highest BCUT2D eigenvalue weighted by Crippen LogP contribution is 2.28. The lowest BCUT2D eigenvalue weighted by Gasteiger charge is -2.26. The second-order valence-corrected chi connectivity index (χ2v) is 4.92. The summed E-state index contributed by atoms with van der Waals surface area (Å²) in [6, 6.07) is 0.167. The molecule has 0 spiro atoms. The average molecular weight is 212 g/mol. The lowest BCUT2D eigenvalue weighted by Crippen LogP contribution is -2.45. The van der Waals surface area contributed by atoms with E-state index in [0.717, 1.165) is 12.5 Å². The fourth-order valence-electron chi connectivity index (χ4n) is 1.79. The fraction of sp³-hybridized carbons (Fsp3) is 0.917. The van der Waals surface area contributed by atoms with Crippen LogP contribution in [0.2, 0.25) is 0 Å². The van der Waals surface area contributed by atoms with Gasteiger partial charge in [-0.05, 0) is 39.7 Å². The minimum atomic E-state index is -0.0625. The van der Waals surface area contributed by atoms with Gasteiger partial charge in [-0.15, -0.1) is 0 Å². The van der Waals surface area contributed by atoms with E-state index in [9.17, 15) is 4.79 Å². The van der Waals surface area contributed by atoms with E-state index in [0.29, 0.717) is 0 Å². The summed E-state index contributed by atoms with van der Waals surface area (Å²) in [5.74, 6) is 1.02. The molecular weight excluding hydrogens is 188 g/mol. The van der Waals surface area contributed by atoms with Crippen molar-refractivity contribution in [3.63, 3.8) is 0 Å². The van der Waals surface area contributed by atoms with Gasteiger partial charge in [-0.3, -0.25) is 4.79 Å². The maximum absolute atomic E-state index is 11.5. The van der Waals surface area contributed by atoms with Crippen LogP contribution in [0.5, 0.6) is 0 Å². The van der Waals surface area contributed by atoms with Crippen molar-refractivity contribution in [2.75, 3.05) is 6.54 Å². The van der Waals surface area contributed by atoms with Crippen LogP contribution in [0, 0.1) is 5.92 Å². The van der Waals surface area contributed by atoms with Crippen molar-refractivity contribution in [2.45, 2.75) is 58.5 Å². The Bertz CT molecular complexity index is 200. The van der Waals surface area contributed by atoms with Crippen LogP contribution in [0.3, 0.4) is 0 Å². The normalized spacial score (nSPS) is 18.7. The molecule has 0 saturated heterocycles. The Labute approximate surface area is 93.0 Å². The number of carbonyl (C=O) groups is 1. The van der Waals surface area contributed by atoms with Gasteiger partial charge >= 0.3 is 0 Å². The highest BCUT2D eigenvalue weighted by atomic mass is 16.2. The van der Waals surface area contributed by atoms with Gasteiger partial charge in [-0.25, -0.2) is 0 Å². The molecule has 2 N–H and O–H groups in total. The molecule has 1 atom stereocenters. The lowest BCUT2D eigenvalue weighted by atomic mass is 9.83. The molecule has 1 aliphatic carbocycles. The molecule has 3 nitrogen and oxygen atoms in total. The van der Waals surface area contributed by atoms with Crippen molar-refractivity contribution in [3.8, 4) is 0 Å². The third kappa shape index (κ3) is 4.65. The van der Waals surface area contributed by atoms with Crippen molar-refractivity contribution < 1.29 is 4.79 Å². The van der Waals surface area contributed by atoms with Gasteiger partial charge in [0.15, 0.2) is 0 Å². The first-order valence-electron chi connectivity index (χ1n) is 6.13. The molecule has 0 radical (unpaired) electrons. The number of amides is 1. The van der Waals surface area contributed by atoms with Crippen LogP contribution >= 0.6 is 0 Å². The molecule has 1 amide bonds. The molecule has 1 saturated carbocycles. The van der Waals surface area contributed by atoms with Crippen LogP contribution in [0.15, 0.2) is 0 Å². The van der Waals surface area contributed by atoms with Crippen molar-refractivity contribution in [3.05, 3.63) is 0 Å². The third-order valence-electron chi connectivity index (χ3n) is 3.05. The molecule has 88 valence electrons. The number of hydrogen-bond donors (Lipinski definition) is 2. The third-order valence-corrected chi connectivity index (χ3v) is 3.05. The quantitative estimate of drug-likeness (QED) is 0.703. The maximum Gasteiger partial charge on any atom is 0.237 e. The van der Waals surface area contributed by atoms with Gasteiger partial charge < -0.3 is 10.6 Å². The van der Waals surface area contributed by atoms with Gasteiger partial charge in [-0.2, -0.15) is 0 Å². The molecule has 3 heteroatoms. The molecule has 0 heterocycles. The molecule has 1 rings (SSSR count). The predicted molar refractivity (Wildman–Crippen MR) is 62.7 cm³/mol. The standard InChI is InChI=1S/C12H24N2O/c1-9(2)14-12(15)10(3)13-8-7-11-5-4-6-11/h9-11,13H,4-8H2,1-3H3,(H,14,15). The molecule has 15 heavy (non-hydrogen) atoms. The smallest absolute Gasteiger partial charge is 0.237 e. The SMILES string of the molecule is CC(C)NC(=O)C(C)NCCC1CCC1. The average Bonchev–Trinajstić information content (AvgIpc) is 2.07. The van der Waals surface area contributed by atoms with E-state index in [1.54, 1.807) is 0 Å². The van der Waals surface area contributed by atoms with E-state index < -0.39 is 0 Å². The van der Waals surface area contributed by atoms with E-state index in [-0.39, 0.29) is 18.0 Å². The first kappa shape index (κ1) is 12.5. The van der Waals surface area contributed by atoms with Crippen molar-refractivity contribution in [1.82, 2.24) is 10.6 Å². The summed E-state index contributed by atoms with van der Waals surface area (Å²) in [5, 5.41) is 6.18. The van der Waals surface area contributed by atoms with Crippen LogP contribution in [-0.2, 0) is 4.79 Å². The Morgan fingerprint density at radius 2 is 2.00 bits per heavy atom. The summed E-state index contributed by atoms with van der Waals surface area (Å²) in [6.07, 6.45) is 5.38. The lowest BCUT2D eigenvalue weighted by molar-refractivity contribution is -0.123. The summed E-state index contributed by atoms with van der Waals surface area (Å²) >= 11 is 0. The number of hydrogen-bond acceptors (Lipinski definition) is 2. The number of rotatable bonds is 6. The van der Waals surface area contributed by atoms with Crippen molar-refractivity contribution in [1.29, 1.82) is 0 Å².